The molecular formula is C32H38N2O10S3. The molecule has 0 saturated carbocycles. The monoisotopic (exact) mass is 706 g/mol. The third-order valence-corrected chi connectivity index (χ3v) is 13.0. The molecule has 5 rings (SSSR count). The average Bonchev–Trinajstić information content (AvgIpc) is 3.71. The van der Waals surface area contributed by atoms with Crippen molar-refractivity contribution < 1.29 is 42.0 Å². The van der Waals surface area contributed by atoms with Gasteiger partial charge in [0.25, 0.3) is 0 Å². The van der Waals surface area contributed by atoms with Crippen molar-refractivity contribution in [3.8, 4) is 0 Å². The number of ether oxygens (including phenoxy) is 2. The largest absolute Gasteiger partial charge is 0.519 e. The van der Waals surface area contributed by atoms with E-state index in [2.05, 4.69) is 4.98 Å². The second-order valence-corrected chi connectivity index (χ2v) is 15.5. The summed E-state index contributed by atoms with van der Waals surface area (Å²) in [5, 5.41) is 13.6. The highest BCUT2D eigenvalue weighted by atomic mass is 32.2. The zero-order valence-electron chi connectivity index (χ0n) is 26.6. The van der Waals surface area contributed by atoms with Crippen molar-refractivity contribution >= 4 is 57.0 Å². The third-order valence-electron chi connectivity index (χ3n) is 8.61. The molecule has 2 aromatic rings. The number of ketones is 1. The van der Waals surface area contributed by atoms with Crippen LogP contribution >= 0.6 is 23.1 Å². The summed E-state index contributed by atoms with van der Waals surface area (Å²) in [5.41, 5.74) is -1.01. The quantitative estimate of drug-likeness (QED) is 0.412. The highest BCUT2D eigenvalue weighted by Gasteiger charge is 2.64. The SMILES string of the molecule is C/C1=C\[C@@H](O[C@H]2CCCCO2)C(=O)/C=C/C=C\c2csc(n2)[C@@H](C)N2C(=O)C[C@@]([C@@](C)(O)C(=O)SCc3oc(=O)oc3C)(CC1)[S@@]2=O. The number of aryl methyl sites for hydroxylation is 1. The van der Waals surface area contributed by atoms with Crippen LogP contribution in [-0.4, -0.2) is 64.8 Å². The van der Waals surface area contributed by atoms with Crippen molar-refractivity contribution in [2.75, 3.05) is 6.61 Å². The lowest BCUT2D eigenvalue weighted by atomic mass is 9.81. The van der Waals surface area contributed by atoms with Gasteiger partial charge in [-0.1, -0.05) is 29.5 Å². The second kappa shape index (κ2) is 14.7. The van der Waals surface area contributed by atoms with Gasteiger partial charge < -0.3 is 23.4 Å². The van der Waals surface area contributed by atoms with E-state index < -0.39 is 56.6 Å². The van der Waals surface area contributed by atoms with Crippen molar-refractivity contribution in [3.63, 3.8) is 0 Å². The van der Waals surface area contributed by atoms with E-state index in [1.165, 1.54) is 35.6 Å². The van der Waals surface area contributed by atoms with Crippen molar-refractivity contribution in [2.45, 2.75) is 101 Å². The van der Waals surface area contributed by atoms with Gasteiger partial charge in [0.1, 0.15) is 38.2 Å². The number of thiazole rings is 1. The normalized spacial score (nSPS) is 31.1. The lowest BCUT2D eigenvalue weighted by Gasteiger charge is -2.39. The van der Waals surface area contributed by atoms with E-state index in [1.54, 1.807) is 43.5 Å². The number of hydrogen-bond donors (Lipinski definition) is 1. The first-order chi connectivity index (χ1) is 22.3. The fourth-order valence-corrected chi connectivity index (χ4v) is 9.66. The molecule has 15 heteroatoms. The Hall–Kier alpha value is -2.95. The topological polar surface area (TPSA) is 166 Å². The van der Waals surface area contributed by atoms with Gasteiger partial charge in [0.15, 0.2) is 17.8 Å². The Morgan fingerprint density at radius 2 is 2.00 bits per heavy atom. The zero-order chi connectivity index (χ0) is 33.9. The number of rotatable bonds is 6. The van der Waals surface area contributed by atoms with Gasteiger partial charge in [-0.2, -0.15) is 0 Å². The lowest BCUT2D eigenvalue weighted by molar-refractivity contribution is -0.181. The Kier molecular flexibility index (Phi) is 11.0. The summed E-state index contributed by atoms with van der Waals surface area (Å²) in [7, 11) is -2.18. The van der Waals surface area contributed by atoms with Crippen LogP contribution in [0.2, 0.25) is 0 Å². The Balaban J connectivity index is 1.51. The summed E-state index contributed by atoms with van der Waals surface area (Å²) >= 11 is 1.96. The number of nitrogens with zero attached hydrogens (tertiary/aromatic N) is 2. The molecular weight excluding hydrogens is 669 g/mol. The first kappa shape index (κ1) is 35.4. The molecule has 0 aliphatic carbocycles. The molecule has 0 unspecified atom stereocenters. The summed E-state index contributed by atoms with van der Waals surface area (Å²) < 4.78 is 35.7. The maximum Gasteiger partial charge on any atom is 0.519 e. The summed E-state index contributed by atoms with van der Waals surface area (Å²) in [6.07, 6.45) is 8.85. The van der Waals surface area contributed by atoms with Crippen LogP contribution in [0.25, 0.3) is 6.08 Å². The number of aliphatic hydroxyl groups is 1. The highest BCUT2D eigenvalue weighted by molar-refractivity contribution is 8.13. The van der Waals surface area contributed by atoms with Crippen LogP contribution in [-0.2, 0) is 40.6 Å². The predicted molar refractivity (Wildman–Crippen MR) is 176 cm³/mol. The number of fused-ring (bicyclic) bond motifs is 4. The molecule has 1 N–H and O–H groups in total. The van der Waals surface area contributed by atoms with Crippen molar-refractivity contribution in [3.05, 3.63) is 68.1 Å². The number of thioether (sulfide) groups is 1. The Morgan fingerprint density at radius 3 is 2.70 bits per heavy atom. The minimum absolute atomic E-state index is 0.0304. The smallest absolute Gasteiger partial charge is 0.396 e. The predicted octanol–water partition coefficient (Wildman–Crippen LogP) is 4.69. The molecule has 2 aromatic heterocycles. The molecule has 3 aliphatic heterocycles. The van der Waals surface area contributed by atoms with Crippen molar-refractivity contribution in [1.82, 2.24) is 9.29 Å². The summed E-state index contributed by atoms with van der Waals surface area (Å²) in [5.74, 6) is -1.49. The van der Waals surface area contributed by atoms with E-state index >= 15 is 0 Å². The number of aromatic nitrogens is 1. The number of allylic oxidation sites excluding steroid dienone is 3. The molecule has 0 aromatic carbocycles. The molecule has 4 bridgehead atoms. The molecule has 1 amide bonds. The van der Waals surface area contributed by atoms with Crippen molar-refractivity contribution in [1.29, 1.82) is 0 Å². The maximum atomic E-state index is 14.5. The molecule has 0 spiro atoms. The maximum absolute atomic E-state index is 14.5. The molecule has 47 heavy (non-hydrogen) atoms. The fraction of sp³-hybridized carbons (Fsp3) is 0.531. The van der Waals surface area contributed by atoms with E-state index in [9.17, 15) is 28.5 Å². The molecule has 3 aliphatic rings. The number of carbonyl (C=O) groups excluding carboxylic acids is 3. The van der Waals surface area contributed by atoms with Crippen molar-refractivity contribution in [2.24, 2.45) is 0 Å². The second-order valence-electron chi connectivity index (χ2n) is 12.0. The highest BCUT2D eigenvalue weighted by Crippen LogP contribution is 2.48. The Bertz CT molecular complexity index is 1680. The van der Waals surface area contributed by atoms with E-state index in [-0.39, 0.29) is 42.3 Å². The van der Waals surface area contributed by atoms with Gasteiger partial charge in [-0.05, 0) is 78.0 Å². The molecule has 5 heterocycles. The fourth-order valence-electron chi connectivity index (χ4n) is 5.73. The van der Waals surface area contributed by atoms with Gasteiger partial charge in [-0.3, -0.25) is 18.7 Å². The lowest BCUT2D eigenvalue weighted by Crippen LogP contribution is -2.58. The van der Waals surface area contributed by atoms with Crippen LogP contribution in [0, 0.1) is 6.92 Å². The first-order valence-electron chi connectivity index (χ1n) is 15.3. The molecule has 2 fully saturated rings. The number of carbonyl (C=O) groups is 3. The van der Waals surface area contributed by atoms with Crippen LogP contribution < -0.4 is 5.82 Å². The van der Waals surface area contributed by atoms with Gasteiger partial charge in [-0.25, -0.2) is 14.0 Å². The molecule has 6 atom stereocenters. The van der Waals surface area contributed by atoms with Gasteiger partial charge in [0, 0.05) is 12.0 Å². The third kappa shape index (κ3) is 7.55. The minimum Gasteiger partial charge on any atom is -0.396 e. The first-order valence-corrected chi connectivity index (χ1v) is 18.3. The van der Waals surface area contributed by atoms with Crippen LogP contribution in [0.3, 0.4) is 0 Å². The molecule has 12 nitrogen and oxygen atoms in total. The van der Waals surface area contributed by atoms with Crippen LogP contribution in [0.5, 0.6) is 0 Å². The van der Waals surface area contributed by atoms with E-state index in [0.29, 0.717) is 41.1 Å². The average molecular weight is 707 g/mol. The molecule has 0 radical (unpaired) electrons. The number of hydrogen-bond acceptors (Lipinski definition) is 13. The number of amides is 1. The Morgan fingerprint density at radius 1 is 1.23 bits per heavy atom. The van der Waals surface area contributed by atoms with Gasteiger partial charge in [0.2, 0.25) is 11.0 Å². The zero-order valence-corrected chi connectivity index (χ0v) is 29.0. The van der Waals surface area contributed by atoms with Crippen LogP contribution in [0.15, 0.2) is 48.9 Å². The summed E-state index contributed by atoms with van der Waals surface area (Å²) in [4.78, 5) is 56.9. The van der Waals surface area contributed by atoms with E-state index in [1.807, 2.05) is 0 Å². The Labute approximate surface area is 282 Å². The van der Waals surface area contributed by atoms with Crippen LogP contribution in [0.1, 0.15) is 87.6 Å². The van der Waals surface area contributed by atoms with E-state index in [0.717, 1.165) is 12.8 Å². The van der Waals surface area contributed by atoms with E-state index in [4.69, 9.17) is 18.3 Å². The minimum atomic E-state index is -2.27. The van der Waals surface area contributed by atoms with Crippen LogP contribution in [0.4, 0.5) is 0 Å². The van der Waals surface area contributed by atoms with Gasteiger partial charge in [-0.15, -0.1) is 11.3 Å². The van der Waals surface area contributed by atoms with Gasteiger partial charge in [0.05, 0.1) is 23.9 Å². The molecule has 2 saturated heterocycles. The standard InChI is InChI=1S/C32H38N2O10S3/c1-19-12-13-32(31(4,39)29(37)46-18-25-21(3)42-30(38)44-25)16-26(36)34(47(32)40)20(2)28-33-22(17-45-28)9-5-6-10-23(35)24(15-19)43-27-11-7-8-14-41-27/h5-6,9-10,15,17,20,24,27,39H,7-8,11-14,16,18H2,1-4H3/b9-5-,10-6+,19-15+/t20-,24-,27+,31+,32-,47+/m1/s1. The summed E-state index contributed by atoms with van der Waals surface area (Å²) in [6, 6.07) is -0.712. The van der Waals surface area contributed by atoms with Gasteiger partial charge >= 0.3 is 5.82 Å². The molecule has 254 valence electrons. The summed E-state index contributed by atoms with van der Waals surface area (Å²) in [6.45, 7) is 6.81.